The van der Waals surface area contributed by atoms with Crippen molar-refractivity contribution in [3.05, 3.63) is 38.0 Å². The first-order valence-electron chi connectivity index (χ1n) is 4.50. The minimum Gasteiger partial charge on any atom is -0.345 e. The molecule has 14 heavy (non-hydrogen) atoms. The Morgan fingerprint density at radius 1 is 1.29 bits per heavy atom. The number of carbonyl (C=O) groups excluding carboxylic acids is 1. The van der Waals surface area contributed by atoms with Crippen LogP contribution in [0.15, 0.2) is 38.0 Å². The molecule has 0 saturated carbocycles. The molecule has 78 valence electrons. The summed E-state index contributed by atoms with van der Waals surface area (Å²) in [6, 6.07) is 0. The summed E-state index contributed by atoms with van der Waals surface area (Å²) in [5.74, 6) is -0.223. The Hall–Kier alpha value is -1.35. The molecule has 0 unspecified atom stereocenters. The van der Waals surface area contributed by atoms with Crippen LogP contribution >= 0.6 is 0 Å². The zero-order valence-corrected chi connectivity index (χ0v) is 8.46. The van der Waals surface area contributed by atoms with Crippen LogP contribution in [0.1, 0.15) is 12.8 Å². The molecule has 0 aromatic carbocycles. The summed E-state index contributed by atoms with van der Waals surface area (Å²) in [5.41, 5.74) is 5.17. The highest BCUT2D eigenvalue weighted by atomic mass is 16.1. The molecule has 3 N–H and O–H groups in total. The maximum atomic E-state index is 11.2. The lowest BCUT2D eigenvalue weighted by atomic mass is 9.91. The van der Waals surface area contributed by atoms with Gasteiger partial charge >= 0.3 is 0 Å². The molecule has 3 nitrogen and oxygen atoms in total. The summed E-state index contributed by atoms with van der Waals surface area (Å²) in [6.07, 6.45) is 5.94. The number of amides is 1. The topological polar surface area (TPSA) is 55.1 Å². The van der Waals surface area contributed by atoms with Crippen molar-refractivity contribution in [3.8, 4) is 0 Å². The predicted octanol–water partition coefficient (Wildman–Crippen LogP) is 1.14. The van der Waals surface area contributed by atoms with Crippen molar-refractivity contribution in [2.24, 2.45) is 5.73 Å². The summed E-state index contributed by atoms with van der Waals surface area (Å²) in [5, 5.41) is 2.81. The highest BCUT2D eigenvalue weighted by Gasteiger charge is 2.26. The highest BCUT2D eigenvalue weighted by molar-refractivity contribution is 5.87. The summed E-state index contributed by atoms with van der Waals surface area (Å²) in [7, 11) is 0. The van der Waals surface area contributed by atoms with Gasteiger partial charge in [-0.1, -0.05) is 18.7 Å². The van der Waals surface area contributed by atoms with Crippen LogP contribution in [0, 0.1) is 0 Å². The number of nitrogens with one attached hydrogen (secondary N) is 1. The van der Waals surface area contributed by atoms with Crippen LogP contribution in [0.25, 0.3) is 0 Å². The van der Waals surface area contributed by atoms with Crippen LogP contribution in [0.2, 0.25) is 0 Å². The third-order valence-electron chi connectivity index (χ3n) is 2.03. The normalized spacial score (nSPS) is 10.4. The van der Waals surface area contributed by atoms with Crippen molar-refractivity contribution in [2.75, 3.05) is 6.54 Å². The Kier molecular flexibility index (Phi) is 5.56. The van der Waals surface area contributed by atoms with Gasteiger partial charge in [-0.3, -0.25) is 4.79 Å². The van der Waals surface area contributed by atoms with E-state index in [1.54, 1.807) is 12.2 Å². The van der Waals surface area contributed by atoms with Crippen molar-refractivity contribution < 1.29 is 4.79 Å². The van der Waals surface area contributed by atoms with Gasteiger partial charge in [0.2, 0.25) is 5.91 Å². The Morgan fingerprint density at radius 2 is 1.79 bits per heavy atom. The quantitative estimate of drug-likeness (QED) is 0.471. The second-order valence-electron chi connectivity index (χ2n) is 3.16. The molecule has 3 heteroatoms. The van der Waals surface area contributed by atoms with Crippen LogP contribution in [-0.4, -0.2) is 18.0 Å². The van der Waals surface area contributed by atoms with E-state index >= 15 is 0 Å². The maximum Gasteiger partial charge on any atom is 0.243 e. The fraction of sp³-hybridized carbons (Fsp3) is 0.364. The molecule has 0 aliphatic heterocycles. The summed E-state index contributed by atoms with van der Waals surface area (Å²) in [6.45, 7) is 11.0. The molecule has 0 aromatic rings. The van der Waals surface area contributed by atoms with Gasteiger partial charge in [-0.25, -0.2) is 0 Å². The van der Waals surface area contributed by atoms with E-state index in [0.717, 1.165) is 0 Å². The van der Waals surface area contributed by atoms with Crippen molar-refractivity contribution in [3.63, 3.8) is 0 Å². The third kappa shape index (κ3) is 3.58. The van der Waals surface area contributed by atoms with E-state index in [1.807, 2.05) is 0 Å². The molecule has 0 atom stereocenters. The van der Waals surface area contributed by atoms with Gasteiger partial charge in [-0.2, -0.15) is 0 Å². The first-order chi connectivity index (χ1) is 6.64. The van der Waals surface area contributed by atoms with E-state index in [4.69, 9.17) is 5.73 Å². The second-order valence-corrected chi connectivity index (χ2v) is 3.16. The van der Waals surface area contributed by atoms with Gasteiger partial charge in [0.05, 0.1) is 5.54 Å². The summed E-state index contributed by atoms with van der Waals surface area (Å²) in [4.78, 5) is 11.2. The molecule has 0 heterocycles. The second kappa shape index (κ2) is 6.16. The molecule has 0 aliphatic rings. The summed E-state index contributed by atoms with van der Waals surface area (Å²) >= 11 is 0. The minimum absolute atomic E-state index is 0.223. The molecule has 0 rings (SSSR count). The molecule has 0 fully saturated rings. The first kappa shape index (κ1) is 12.7. The number of hydrogen-bond acceptors (Lipinski definition) is 2. The van der Waals surface area contributed by atoms with Gasteiger partial charge in [-0.05, 0) is 18.9 Å². The fourth-order valence-electron chi connectivity index (χ4n) is 1.27. The average molecular weight is 194 g/mol. The van der Waals surface area contributed by atoms with E-state index in [0.29, 0.717) is 19.4 Å². The van der Waals surface area contributed by atoms with Gasteiger partial charge in [0.1, 0.15) is 0 Å². The van der Waals surface area contributed by atoms with Crippen LogP contribution < -0.4 is 11.1 Å². The Bertz CT molecular complexity index is 223. The zero-order valence-electron chi connectivity index (χ0n) is 8.46. The molecule has 0 spiro atoms. The van der Waals surface area contributed by atoms with Gasteiger partial charge in [0, 0.05) is 6.54 Å². The van der Waals surface area contributed by atoms with Crippen molar-refractivity contribution in [1.29, 1.82) is 0 Å². The molecular weight excluding hydrogens is 176 g/mol. The SMILES string of the molecule is C=CCC(CN)(CC=C)NC(=O)C=C. The average Bonchev–Trinajstić information content (AvgIpc) is 2.18. The molecule has 0 bridgehead atoms. The van der Waals surface area contributed by atoms with Gasteiger partial charge < -0.3 is 11.1 Å². The minimum atomic E-state index is -0.464. The van der Waals surface area contributed by atoms with Crippen molar-refractivity contribution in [2.45, 2.75) is 18.4 Å². The molecule has 0 radical (unpaired) electrons. The number of nitrogens with two attached hydrogens (primary N) is 1. The number of hydrogen-bond donors (Lipinski definition) is 2. The van der Waals surface area contributed by atoms with Crippen molar-refractivity contribution >= 4 is 5.91 Å². The Balaban J connectivity index is 4.62. The molecule has 0 aliphatic carbocycles. The van der Waals surface area contributed by atoms with Crippen LogP contribution in [0.5, 0.6) is 0 Å². The van der Waals surface area contributed by atoms with Gasteiger partial charge in [0.15, 0.2) is 0 Å². The van der Waals surface area contributed by atoms with Gasteiger partial charge in [-0.15, -0.1) is 13.2 Å². The third-order valence-corrected chi connectivity index (χ3v) is 2.03. The molecular formula is C11H18N2O. The monoisotopic (exact) mass is 194 g/mol. The lowest BCUT2D eigenvalue weighted by molar-refractivity contribution is -0.118. The van der Waals surface area contributed by atoms with E-state index in [9.17, 15) is 4.79 Å². The Labute approximate surface area is 85.4 Å². The van der Waals surface area contributed by atoms with E-state index < -0.39 is 5.54 Å². The fourth-order valence-corrected chi connectivity index (χ4v) is 1.27. The lowest BCUT2D eigenvalue weighted by Crippen LogP contribution is -2.52. The molecule has 0 saturated heterocycles. The smallest absolute Gasteiger partial charge is 0.243 e. The molecule has 0 aromatic heterocycles. The van der Waals surface area contributed by atoms with E-state index in [1.165, 1.54) is 6.08 Å². The summed E-state index contributed by atoms with van der Waals surface area (Å²) < 4.78 is 0. The Morgan fingerprint density at radius 3 is 2.07 bits per heavy atom. The van der Waals surface area contributed by atoms with Gasteiger partial charge in [0.25, 0.3) is 0 Å². The number of carbonyl (C=O) groups is 1. The largest absolute Gasteiger partial charge is 0.345 e. The highest BCUT2D eigenvalue weighted by Crippen LogP contribution is 2.15. The lowest BCUT2D eigenvalue weighted by Gasteiger charge is -2.31. The zero-order chi connectivity index (χ0) is 11.0. The van der Waals surface area contributed by atoms with Crippen molar-refractivity contribution in [1.82, 2.24) is 5.32 Å². The van der Waals surface area contributed by atoms with Crippen LogP contribution in [0.3, 0.4) is 0 Å². The molecule has 1 amide bonds. The maximum absolute atomic E-state index is 11.2. The number of rotatable bonds is 7. The van der Waals surface area contributed by atoms with E-state index in [-0.39, 0.29) is 5.91 Å². The van der Waals surface area contributed by atoms with E-state index in [2.05, 4.69) is 25.1 Å². The van der Waals surface area contributed by atoms with Crippen LogP contribution in [0.4, 0.5) is 0 Å². The standard InChI is InChI=1S/C11H18N2O/c1-4-7-11(9-12,8-5-2)13-10(14)6-3/h4-6H,1-3,7-9,12H2,(H,13,14). The predicted molar refractivity (Wildman–Crippen MR) is 59.8 cm³/mol. The van der Waals surface area contributed by atoms with Crippen LogP contribution in [-0.2, 0) is 4.79 Å². The first-order valence-corrected chi connectivity index (χ1v) is 4.50.